The summed E-state index contributed by atoms with van der Waals surface area (Å²) in [6.07, 6.45) is -2.32. The molecule has 31 nitrogen and oxygen atoms in total. The van der Waals surface area contributed by atoms with Crippen LogP contribution in [0, 0.1) is 17.5 Å². The van der Waals surface area contributed by atoms with Crippen molar-refractivity contribution in [2.75, 3.05) is 130 Å². The van der Waals surface area contributed by atoms with Gasteiger partial charge < -0.3 is 92.3 Å². The lowest BCUT2D eigenvalue weighted by Crippen LogP contribution is -2.48. The number of carbonyl (C=O) groups is 3. The van der Waals surface area contributed by atoms with Crippen LogP contribution in [0.15, 0.2) is 54.9 Å². The molecule has 6 atom stereocenters. The lowest BCUT2D eigenvalue weighted by molar-refractivity contribution is -0.136. The van der Waals surface area contributed by atoms with E-state index in [0.29, 0.717) is 122 Å². The molecule has 2 fully saturated rings. The van der Waals surface area contributed by atoms with E-state index in [0.717, 1.165) is 4.68 Å². The van der Waals surface area contributed by atoms with Crippen LogP contribution in [0.4, 0.5) is 19.0 Å². The number of nitrogens with one attached hydrogen (secondary N) is 2. The molecule has 7 N–H and O–H groups in total. The molecule has 2 amide bonds. The van der Waals surface area contributed by atoms with Gasteiger partial charge in [-0.25, -0.2) is 22.5 Å². The highest BCUT2D eigenvalue weighted by Gasteiger charge is 2.46. The number of nitrogens with zero attached hydrogens (tertiary/aromatic N) is 8. The highest BCUT2D eigenvalue weighted by molar-refractivity contribution is 7.70. The average Bonchev–Trinajstić information content (AvgIpc) is 1.64. The zero-order valence-electron chi connectivity index (χ0n) is 48.6. The molecule has 5 heterocycles. The fraction of sp³-hybridized carbons (Fsp3) is 0.585. The van der Waals surface area contributed by atoms with Crippen molar-refractivity contribution in [3.8, 4) is 5.75 Å². The highest BCUT2D eigenvalue weighted by Crippen LogP contribution is 2.55. The van der Waals surface area contributed by atoms with Crippen LogP contribution in [0.3, 0.4) is 0 Å². The van der Waals surface area contributed by atoms with E-state index in [1.165, 1.54) is 6.20 Å². The molecule has 498 valence electrons. The molecule has 7 rings (SSSR count). The van der Waals surface area contributed by atoms with Crippen LogP contribution in [-0.4, -0.2) is 231 Å². The van der Waals surface area contributed by atoms with Crippen molar-refractivity contribution >= 4 is 61.4 Å². The predicted octanol–water partition coefficient (Wildman–Crippen LogP) is 2.42. The molecule has 2 aromatic carbocycles. The molecular formula is C53H72ClF3N10O21P2. The van der Waals surface area contributed by atoms with Crippen molar-refractivity contribution < 1.29 is 113 Å². The molecule has 5 aromatic rings. The first kappa shape index (κ1) is 71.7. The number of hydrogen-bond acceptors (Lipinski definition) is 24. The van der Waals surface area contributed by atoms with Gasteiger partial charge in [0, 0.05) is 31.3 Å². The number of likely N-dealkylation sites (tertiary alicyclic amines) is 1. The van der Waals surface area contributed by atoms with Gasteiger partial charge in [0.2, 0.25) is 22.8 Å². The van der Waals surface area contributed by atoms with Crippen LogP contribution in [0.5, 0.6) is 5.75 Å². The molecule has 0 spiro atoms. The first-order chi connectivity index (χ1) is 43.2. The number of halogens is 4. The van der Waals surface area contributed by atoms with Crippen LogP contribution in [0.2, 0.25) is 5.28 Å². The average molecular weight is 1340 g/mol. The van der Waals surface area contributed by atoms with Gasteiger partial charge in [0.1, 0.15) is 41.7 Å². The third-order valence-electron chi connectivity index (χ3n) is 13.3. The Bertz CT molecular complexity index is 3130. The minimum absolute atomic E-state index is 0.00919. The lowest BCUT2D eigenvalue weighted by atomic mass is 10.0. The van der Waals surface area contributed by atoms with E-state index in [2.05, 4.69) is 40.7 Å². The number of benzene rings is 2. The molecule has 0 aliphatic carbocycles. The van der Waals surface area contributed by atoms with Crippen LogP contribution < -0.4 is 15.4 Å². The number of aliphatic hydroxyl groups excluding tert-OH is 2. The number of aromatic nitrogens is 7. The Balaban J connectivity index is 0.674. The second-order valence-electron chi connectivity index (χ2n) is 20.1. The standard InChI is InChI=1S/C53H72ClF3N10O21P2/c54-53-61-49(39-30-58-67(50(39)62-53)52-47(71)46(70)42(87-52)33-86-90(76,77)34-89(73,74)75)60-45(35-4-2-1-3-5-35)51(72)59-37-6-10-65(11-7-37)43(68)8-13-78-16-19-81-24-25-84-26-27-85-32-38-31-66(64-63-38)12-15-80-18-21-83-23-22-82-20-17-79-14-9-44(69)88-48-40(56)28-36(55)29-41(48)57/h1-5,28-31,37,42,45-47,52,70-71H,6-27,32-34H2,(H,59,72)(H,76,77)(H,60,61,62)(H2,73,74,75)/t42-,45-,46-,47-,52-/m1/s1. The summed E-state index contributed by atoms with van der Waals surface area (Å²) in [5, 5.41) is 40.3. The molecule has 0 bridgehead atoms. The predicted molar refractivity (Wildman–Crippen MR) is 306 cm³/mol. The number of carbonyl (C=O) groups excluding carboxylic acids is 3. The zero-order valence-corrected chi connectivity index (χ0v) is 51.1. The number of piperidine rings is 1. The molecule has 2 aliphatic heterocycles. The summed E-state index contributed by atoms with van der Waals surface area (Å²) in [5.74, 6) is -7.55. The Kier molecular flexibility index (Phi) is 29.1. The molecule has 90 heavy (non-hydrogen) atoms. The van der Waals surface area contributed by atoms with E-state index in [1.54, 1.807) is 46.1 Å². The Morgan fingerprint density at radius 1 is 0.756 bits per heavy atom. The Morgan fingerprint density at radius 2 is 1.33 bits per heavy atom. The topological polar surface area (TPSA) is 390 Å². The summed E-state index contributed by atoms with van der Waals surface area (Å²) in [6, 6.07) is 8.31. The number of aliphatic hydroxyl groups is 2. The first-order valence-electron chi connectivity index (χ1n) is 28.4. The quantitative estimate of drug-likeness (QED) is 0.00971. The van der Waals surface area contributed by atoms with Gasteiger partial charge in [-0.3, -0.25) is 23.5 Å². The van der Waals surface area contributed by atoms with Crippen molar-refractivity contribution in [2.45, 2.75) is 75.5 Å². The summed E-state index contributed by atoms with van der Waals surface area (Å²) in [7, 11) is -9.76. The van der Waals surface area contributed by atoms with Crippen LogP contribution in [0.1, 0.15) is 49.2 Å². The molecule has 0 saturated carbocycles. The van der Waals surface area contributed by atoms with E-state index in [-0.39, 0.29) is 86.6 Å². The maximum absolute atomic E-state index is 14.1. The van der Waals surface area contributed by atoms with Gasteiger partial charge in [0.05, 0.1) is 149 Å². The Labute approximate surface area is 518 Å². The number of amides is 2. The van der Waals surface area contributed by atoms with Gasteiger partial charge in [-0.15, -0.1) is 5.10 Å². The summed E-state index contributed by atoms with van der Waals surface area (Å²) in [4.78, 5) is 77.3. The van der Waals surface area contributed by atoms with Crippen LogP contribution in [0.25, 0.3) is 11.0 Å². The van der Waals surface area contributed by atoms with E-state index in [9.17, 15) is 51.8 Å². The number of fused-ring (bicyclic) bond motifs is 1. The van der Waals surface area contributed by atoms with Crippen molar-refractivity contribution in [1.29, 1.82) is 0 Å². The summed E-state index contributed by atoms with van der Waals surface area (Å²) in [6.45, 7) is 4.89. The fourth-order valence-corrected chi connectivity index (χ4v) is 11.6. The first-order valence-corrected chi connectivity index (χ1v) is 32.4. The Hall–Kier alpha value is -5.72. The zero-order chi connectivity index (χ0) is 64.5. The second kappa shape index (κ2) is 36.5. The largest absolute Gasteiger partial charge is 0.420 e. The van der Waals surface area contributed by atoms with Crippen LogP contribution in [-0.2, 0) is 83.8 Å². The number of hydrogen-bond donors (Lipinski definition) is 7. The van der Waals surface area contributed by atoms with E-state index >= 15 is 0 Å². The van der Waals surface area contributed by atoms with E-state index in [4.69, 9.17) is 68.5 Å². The minimum Gasteiger partial charge on any atom is -0.420 e. The molecule has 1 unspecified atom stereocenters. The van der Waals surface area contributed by atoms with E-state index < -0.39 is 93.4 Å². The lowest BCUT2D eigenvalue weighted by Gasteiger charge is -2.33. The number of ether oxygens (including phenoxy) is 10. The second-order valence-corrected chi connectivity index (χ2v) is 24.4. The van der Waals surface area contributed by atoms with Crippen LogP contribution >= 0.6 is 26.8 Å². The fourth-order valence-electron chi connectivity index (χ4n) is 8.90. The summed E-state index contributed by atoms with van der Waals surface area (Å²) in [5.41, 5.74) is 1.22. The van der Waals surface area contributed by atoms with Gasteiger partial charge in [0.25, 0.3) is 0 Å². The summed E-state index contributed by atoms with van der Waals surface area (Å²) >= 11 is 6.38. The SMILES string of the molecule is O=C(CCOCCOCCOCCOCCn1cc(COCCOCCOCCOCCC(=O)N2CCC(NC(=O)[C@H](Nc3nc(Cl)nc4c3cnn4[C@@H]3O[C@H](COP(=O)(O)CP(=O)(O)O)[C@@H](O)[C@H]3O)c3ccccc3)CC2)nn1)Oc1c(F)cc(F)cc1F. The maximum atomic E-state index is 14.1. The van der Waals surface area contributed by atoms with Gasteiger partial charge in [-0.1, -0.05) is 35.5 Å². The van der Waals surface area contributed by atoms with Gasteiger partial charge >= 0.3 is 21.2 Å². The molecule has 2 aliphatic rings. The van der Waals surface area contributed by atoms with E-state index in [1.807, 2.05) is 0 Å². The highest BCUT2D eigenvalue weighted by atomic mass is 35.5. The Morgan fingerprint density at radius 3 is 1.94 bits per heavy atom. The number of rotatable bonds is 41. The van der Waals surface area contributed by atoms with Crippen molar-refractivity contribution in [2.24, 2.45) is 0 Å². The van der Waals surface area contributed by atoms with Crippen molar-refractivity contribution in [3.05, 3.63) is 88.9 Å². The summed E-state index contributed by atoms with van der Waals surface area (Å²) < 4.78 is 126. The molecule has 2 saturated heterocycles. The molecular weight excluding hydrogens is 1270 g/mol. The molecule has 3 aromatic heterocycles. The number of anilines is 1. The maximum Gasteiger partial charge on any atom is 0.340 e. The third kappa shape index (κ3) is 23.8. The van der Waals surface area contributed by atoms with Crippen molar-refractivity contribution in [1.82, 2.24) is 45.0 Å². The van der Waals surface area contributed by atoms with Gasteiger partial charge in [-0.2, -0.15) is 15.1 Å². The third-order valence-corrected chi connectivity index (χ3v) is 16.9. The monoisotopic (exact) mass is 1340 g/mol. The number of esters is 1. The smallest absolute Gasteiger partial charge is 0.340 e. The van der Waals surface area contributed by atoms with Gasteiger partial charge in [-0.05, 0) is 30.0 Å². The van der Waals surface area contributed by atoms with Crippen molar-refractivity contribution in [3.63, 3.8) is 0 Å². The minimum atomic E-state index is -4.94. The normalized spacial score (nSPS) is 18.3. The molecule has 37 heteroatoms. The molecule has 0 radical (unpaired) electrons. The van der Waals surface area contributed by atoms with Gasteiger partial charge in [0.15, 0.2) is 29.4 Å².